The van der Waals surface area contributed by atoms with Gasteiger partial charge in [-0.3, -0.25) is 4.79 Å². The van der Waals surface area contributed by atoms with E-state index in [1.54, 1.807) is 0 Å². The van der Waals surface area contributed by atoms with Crippen LogP contribution in [0.5, 0.6) is 5.75 Å². The fraction of sp³-hybridized carbons (Fsp3) is 0.588. The summed E-state index contributed by atoms with van der Waals surface area (Å²) in [6.07, 6.45) is 5.52. The highest BCUT2D eigenvalue weighted by molar-refractivity contribution is 5.82. The van der Waals surface area contributed by atoms with Gasteiger partial charge in [0.05, 0.1) is 25.1 Å². The highest BCUT2D eigenvalue weighted by Gasteiger charge is 2.56. The fourth-order valence-electron chi connectivity index (χ4n) is 8.15. The number of piperidine rings is 1. The minimum Gasteiger partial charge on any atom is -0.542 e. The minimum absolute atomic E-state index is 0.0478. The average molecular weight is 601 g/mol. The Hall–Kier alpha value is -3.07. The van der Waals surface area contributed by atoms with Crippen molar-refractivity contribution in [3.8, 4) is 5.75 Å². The third kappa shape index (κ3) is 6.56. The van der Waals surface area contributed by atoms with Gasteiger partial charge >= 0.3 is 6.18 Å². The lowest BCUT2D eigenvalue weighted by Gasteiger charge is -2.47. The third-order valence-electron chi connectivity index (χ3n) is 10.3. The number of likely N-dealkylation sites (tertiary alicyclic amines) is 1. The number of carbonyl (C=O) groups excluding carboxylic acids is 2. The van der Waals surface area contributed by atoms with Crippen LogP contribution in [0.25, 0.3) is 0 Å². The summed E-state index contributed by atoms with van der Waals surface area (Å²) in [6, 6.07) is 18.1. The number of quaternary nitrogens is 1. The molecule has 1 unspecified atom stereocenters. The van der Waals surface area contributed by atoms with Gasteiger partial charge in [0.25, 0.3) is 0 Å². The number of para-hydroxylation sites is 1. The van der Waals surface area contributed by atoms with E-state index in [2.05, 4.69) is 65.7 Å². The van der Waals surface area contributed by atoms with Crippen molar-refractivity contribution in [2.75, 3.05) is 26.2 Å². The summed E-state index contributed by atoms with van der Waals surface area (Å²) in [7, 11) is 0. The van der Waals surface area contributed by atoms with Gasteiger partial charge in [0.15, 0.2) is 0 Å². The number of hydrogen-bond acceptors (Lipinski definition) is 4. The summed E-state index contributed by atoms with van der Waals surface area (Å²) in [5.74, 6) is -0.225. The standard InChI is InChI=1S/C32H42N2O2.C2HF3O2/c1-2-23-14-9-15-27-30(23)36-19-17-32(27)22-33-21-28(32)31(35)34-18-16-26(24-10-5-3-6-11-24)20-29(34)25-12-7-4-8-13-25;3-2(4,5)1(6)7/h3,5-6,9-11,14-15,25-26,28-29,33H,2,4,7-8,12-13,16-22H2,1H3;(H,6,7)/t26-,28?,29+,32+;/m1./s1. The number of nitrogens with zero attached hydrogens (tertiary/aromatic N) is 1. The molecule has 1 saturated carbocycles. The molecular formula is C34H43F3N2O4. The molecule has 0 bridgehead atoms. The summed E-state index contributed by atoms with van der Waals surface area (Å²) < 4.78 is 37.8. The van der Waals surface area contributed by atoms with Crippen LogP contribution in [0.2, 0.25) is 0 Å². The Morgan fingerprint density at radius 2 is 1.77 bits per heavy atom. The van der Waals surface area contributed by atoms with Crippen LogP contribution in [0, 0.1) is 11.8 Å². The van der Waals surface area contributed by atoms with Crippen LogP contribution in [0.3, 0.4) is 0 Å². The van der Waals surface area contributed by atoms with Crippen LogP contribution < -0.4 is 15.2 Å². The topological polar surface area (TPSA) is 86.3 Å². The zero-order valence-electron chi connectivity index (χ0n) is 24.9. The number of alkyl halides is 3. The quantitative estimate of drug-likeness (QED) is 0.573. The van der Waals surface area contributed by atoms with Crippen LogP contribution >= 0.6 is 0 Å². The molecule has 3 heterocycles. The van der Waals surface area contributed by atoms with Gasteiger partial charge in [-0.05, 0) is 61.5 Å². The molecule has 2 saturated heterocycles. The van der Waals surface area contributed by atoms with Crippen molar-refractivity contribution in [3.63, 3.8) is 0 Å². The monoisotopic (exact) mass is 600 g/mol. The highest BCUT2D eigenvalue weighted by Crippen LogP contribution is 2.48. The first-order chi connectivity index (χ1) is 20.7. The number of nitrogens with two attached hydrogens (primary N) is 1. The number of benzene rings is 2. The molecule has 6 rings (SSSR count). The number of fused-ring (bicyclic) bond motifs is 2. The first kappa shape index (κ1) is 31.4. The summed E-state index contributed by atoms with van der Waals surface area (Å²) in [5.41, 5.74) is 3.95. The Morgan fingerprint density at radius 1 is 1.05 bits per heavy atom. The maximum absolute atomic E-state index is 14.6. The molecule has 4 atom stereocenters. The number of carboxylic acids is 1. The molecule has 2 N–H and O–H groups in total. The molecule has 234 valence electrons. The minimum atomic E-state index is -5.19. The zero-order valence-corrected chi connectivity index (χ0v) is 24.9. The number of carboxylic acid groups (broad SMARTS) is 1. The summed E-state index contributed by atoms with van der Waals surface area (Å²) in [4.78, 5) is 25.8. The number of rotatable bonds is 4. The summed E-state index contributed by atoms with van der Waals surface area (Å²) in [6.45, 7) is 5.75. The lowest BCUT2D eigenvalue weighted by atomic mass is 9.67. The lowest BCUT2D eigenvalue weighted by molar-refractivity contribution is -0.640. The van der Waals surface area contributed by atoms with Crippen molar-refractivity contribution in [3.05, 3.63) is 65.2 Å². The predicted molar refractivity (Wildman–Crippen MR) is 154 cm³/mol. The zero-order chi connectivity index (χ0) is 30.6. The van der Waals surface area contributed by atoms with E-state index in [-0.39, 0.29) is 11.3 Å². The molecule has 1 aliphatic carbocycles. The van der Waals surface area contributed by atoms with Gasteiger partial charge in [-0.1, -0.05) is 74.7 Å². The number of ether oxygens (including phenoxy) is 1. The molecule has 1 amide bonds. The van der Waals surface area contributed by atoms with Gasteiger partial charge in [0.2, 0.25) is 5.91 Å². The fourth-order valence-corrected chi connectivity index (χ4v) is 8.15. The van der Waals surface area contributed by atoms with Gasteiger partial charge in [-0.2, -0.15) is 13.2 Å². The molecule has 0 radical (unpaired) electrons. The summed E-state index contributed by atoms with van der Waals surface area (Å²) in [5, 5.41) is 11.2. The first-order valence-corrected chi connectivity index (χ1v) is 15.9. The first-order valence-electron chi connectivity index (χ1n) is 15.9. The van der Waals surface area contributed by atoms with E-state index in [0.717, 1.165) is 57.7 Å². The van der Waals surface area contributed by atoms with Crippen molar-refractivity contribution in [2.45, 2.75) is 88.3 Å². The largest absolute Gasteiger partial charge is 0.542 e. The van der Waals surface area contributed by atoms with Gasteiger partial charge in [-0.25, -0.2) is 0 Å². The van der Waals surface area contributed by atoms with Crippen molar-refractivity contribution < 1.29 is 37.9 Å². The number of hydrogen-bond donors (Lipinski definition) is 1. The number of aryl methyl sites for hydroxylation is 1. The Bertz CT molecular complexity index is 1260. The van der Waals surface area contributed by atoms with Crippen LogP contribution in [-0.4, -0.2) is 55.2 Å². The van der Waals surface area contributed by atoms with Crippen LogP contribution in [0.1, 0.15) is 80.9 Å². The van der Waals surface area contributed by atoms with Gasteiger partial charge < -0.3 is 24.9 Å². The average Bonchev–Trinajstić information content (AvgIpc) is 3.44. The van der Waals surface area contributed by atoms with Crippen LogP contribution in [0.4, 0.5) is 13.2 Å². The molecule has 3 fully saturated rings. The number of amides is 1. The summed E-state index contributed by atoms with van der Waals surface area (Å²) >= 11 is 0. The number of halogens is 3. The van der Waals surface area contributed by atoms with Gasteiger partial charge in [0, 0.05) is 18.2 Å². The molecule has 3 aliphatic heterocycles. The molecule has 9 heteroatoms. The molecule has 6 nitrogen and oxygen atoms in total. The third-order valence-corrected chi connectivity index (χ3v) is 10.3. The molecule has 2 aromatic carbocycles. The van der Waals surface area contributed by atoms with Crippen LogP contribution in [0.15, 0.2) is 48.5 Å². The van der Waals surface area contributed by atoms with E-state index >= 15 is 0 Å². The Kier molecular flexibility index (Phi) is 9.69. The molecule has 1 spiro atoms. The number of carbonyl (C=O) groups is 2. The maximum atomic E-state index is 14.6. The van der Waals surface area contributed by atoms with E-state index in [1.165, 1.54) is 48.8 Å². The van der Waals surface area contributed by atoms with Crippen molar-refractivity contribution in [1.29, 1.82) is 0 Å². The Balaban J connectivity index is 0.000000472. The van der Waals surface area contributed by atoms with Crippen LogP contribution in [-0.2, 0) is 21.4 Å². The lowest BCUT2D eigenvalue weighted by Crippen LogP contribution is -2.82. The molecule has 0 aromatic heterocycles. The van der Waals surface area contributed by atoms with Gasteiger partial charge in [-0.15, -0.1) is 0 Å². The molecule has 43 heavy (non-hydrogen) atoms. The van der Waals surface area contributed by atoms with Gasteiger partial charge in [0.1, 0.15) is 17.6 Å². The van der Waals surface area contributed by atoms with Crippen molar-refractivity contribution in [2.24, 2.45) is 11.8 Å². The predicted octanol–water partition coefficient (Wildman–Crippen LogP) is 4.12. The second-order valence-electron chi connectivity index (χ2n) is 12.6. The van der Waals surface area contributed by atoms with Crippen molar-refractivity contribution in [1.82, 2.24) is 4.90 Å². The van der Waals surface area contributed by atoms with E-state index < -0.39 is 12.1 Å². The molecule has 4 aliphatic rings. The highest BCUT2D eigenvalue weighted by atomic mass is 19.4. The van der Waals surface area contributed by atoms with E-state index in [1.807, 2.05) is 0 Å². The van der Waals surface area contributed by atoms with Crippen molar-refractivity contribution >= 4 is 11.9 Å². The Labute approximate surface area is 252 Å². The molecular weight excluding hydrogens is 557 g/mol. The molecule has 2 aromatic rings. The van der Waals surface area contributed by atoms with E-state index in [4.69, 9.17) is 14.6 Å². The SMILES string of the molecule is CCc1cccc2c1OCC[C@]21C[NH2+]CC1C(=O)N1CC[C@@H](c2ccccc2)C[C@H]1C1CCCCC1.O=C([O-])C(F)(F)F. The van der Waals surface area contributed by atoms with E-state index in [0.29, 0.717) is 23.8 Å². The second-order valence-corrected chi connectivity index (χ2v) is 12.6. The second kappa shape index (κ2) is 13.3. The normalized spacial score (nSPS) is 27.5. The Morgan fingerprint density at radius 3 is 2.44 bits per heavy atom. The van der Waals surface area contributed by atoms with E-state index in [9.17, 15) is 18.0 Å². The number of aliphatic carboxylic acids is 1. The smallest absolute Gasteiger partial charge is 0.430 e. The maximum Gasteiger partial charge on any atom is 0.430 e.